The van der Waals surface area contributed by atoms with E-state index in [1.165, 1.54) is 25.9 Å². The summed E-state index contributed by atoms with van der Waals surface area (Å²) in [5.41, 5.74) is 1.25. The predicted octanol–water partition coefficient (Wildman–Crippen LogP) is 4.84. The lowest BCUT2D eigenvalue weighted by Gasteiger charge is -2.08. The number of hydrogen-bond donors (Lipinski definition) is 0. The fourth-order valence-electron chi connectivity index (χ4n) is 1.91. The molecule has 0 aliphatic heterocycles. The highest BCUT2D eigenvalue weighted by atomic mass is 127. The van der Waals surface area contributed by atoms with Crippen LogP contribution in [-0.2, 0) is 0 Å². The third-order valence-electron chi connectivity index (χ3n) is 2.72. The number of halogens is 1. The first kappa shape index (κ1) is 10.4. The van der Waals surface area contributed by atoms with Gasteiger partial charge in [-0.2, -0.15) is 0 Å². The average molecular weight is 339 g/mol. The second-order valence-electron chi connectivity index (χ2n) is 3.76. The van der Waals surface area contributed by atoms with Crippen LogP contribution in [-0.4, -0.2) is 7.05 Å². The molecule has 80 valence electrons. The molecule has 16 heavy (non-hydrogen) atoms. The number of hydrogen-bond acceptors (Lipinski definition) is 2. The van der Waals surface area contributed by atoms with E-state index in [-0.39, 0.29) is 0 Å². The summed E-state index contributed by atoms with van der Waals surface area (Å²) in [5, 5.41) is 2.73. The van der Waals surface area contributed by atoms with Crippen LogP contribution in [0.5, 0.6) is 0 Å². The van der Waals surface area contributed by atoms with Crippen molar-refractivity contribution in [3.63, 3.8) is 0 Å². The van der Waals surface area contributed by atoms with Crippen LogP contribution in [0.1, 0.15) is 0 Å². The molecule has 1 heterocycles. The summed E-state index contributed by atoms with van der Waals surface area (Å²) >= 11 is 4.16. The molecule has 0 atom stereocenters. The molecule has 0 aliphatic rings. The van der Waals surface area contributed by atoms with E-state index in [4.69, 9.17) is 0 Å². The monoisotopic (exact) mass is 339 g/mol. The molecule has 0 saturated heterocycles. The summed E-state index contributed by atoms with van der Waals surface area (Å²) in [5.74, 6) is 0. The lowest BCUT2D eigenvalue weighted by atomic mass is 10.1. The summed E-state index contributed by atoms with van der Waals surface area (Å²) in [6, 6.07) is 15.2. The van der Waals surface area contributed by atoms with Gasteiger partial charge >= 0.3 is 0 Å². The van der Waals surface area contributed by atoms with Gasteiger partial charge in [0.1, 0.15) is 0 Å². The third-order valence-corrected chi connectivity index (χ3v) is 4.41. The quantitative estimate of drug-likeness (QED) is 0.453. The number of anilines is 1. The van der Waals surface area contributed by atoms with Crippen LogP contribution in [0.3, 0.4) is 0 Å². The molecule has 0 saturated carbocycles. The Bertz CT molecular complexity index is 657. The minimum absolute atomic E-state index is 1.25. The van der Waals surface area contributed by atoms with Crippen molar-refractivity contribution in [1.82, 2.24) is 0 Å². The van der Waals surface area contributed by atoms with E-state index in [9.17, 15) is 0 Å². The fourth-order valence-corrected chi connectivity index (χ4v) is 3.35. The maximum Gasteiger partial charge on any atom is 0.0588 e. The summed E-state index contributed by atoms with van der Waals surface area (Å²) in [4.78, 5) is 0. The highest BCUT2D eigenvalue weighted by Crippen LogP contribution is 2.35. The van der Waals surface area contributed by atoms with Gasteiger partial charge in [0.05, 0.1) is 22.9 Å². The standard InChI is InChI=1S/C13H10INS/c1-15(14)9-6-7-11-10-4-2-3-5-12(10)16-13(11)8-9/h2-8H,1H3. The maximum absolute atomic E-state index is 2.30. The zero-order valence-corrected chi connectivity index (χ0v) is 11.7. The van der Waals surface area contributed by atoms with Crippen LogP contribution in [0.15, 0.2) is 42.5 Å². The summed E-state index contributed by atoms with van der Waals surface area (Å²) in [6.07, 6.45) is 0. The van der Waals surface area contributed by atoms with Gasteiger partial charge in [-0.25, -0.2) is 0 Å². The smallest absolute Gasteiger partial charge is 0.0588 e. The van der Waals surface area contributed by atoms with Crippen molar-refractivity contribution in [2.45, 2.75) is 0 Å². The fraction of sp³-hybridized carbons (Fsp3) is 0.0769. The zero-order chi connectivity index (χ0) is 11.1. The van der Waals surface area contributed by atoms with Gasteiger partial charge in [-0.15, -0.1) is 11.3 Å². The Balaban J connectivity index is 2.37. The van der Waals surface area contributed by atoms with Crippen molar-refractivity contribution in [1.29, 1.82) is 0 Å². The first-order valence-corrected chi connectivity index (χ1v) is 6.84. The Morgan fingerprint density at radius 2 is 1.75 bits per heavy atom. The zero-order valence-electron chi connectivity index (χ0n) is 8.77. The SMILES string of the molecule is CN(I)c1ccc2c(c1)sc1ccccc12. The molecule has 0 unspecified atom stereocenters. The second kappa shape index (κ2) is 3.89. The van der Waals surface area contributed by atoms with Crippen LogP contribution >= 0.6 is 34.2 Å². The first-order valence-electron chi connectivity index (χ1n) is 5.06. The van der Waals surface area contributed by atoms with Crippen molar-refractivity contribution < 1.29 is 0 Å². The number of benzene rings is 2. The Hall–Kier alpha value is -0.810. The summed E-state index contributed by atoms with van der Waals surface area (Å²) in [6.45, 7) is 0. The molecule has 3 heteroatoms. The molecule has 0 spiro atoms. The van der Waals surface area contributed by atoms with E-state index < -0.39 is 0 Å². The number of rotatable bonds is 1. The van der Waals surface area contributed by atoms with Crippen molar-refractivity contribution in [2.75, 3.05) is 10.2 Å². The van der Waals surface area contributed by atoms with Crippen LogP contribution < -0.4 is 3.11 Å². The Kier molecular flexibility index (Phi) is 2.52. The van der Waals surface area contributed by atoms with Crippen molar-refractivity contribution >= 4 is 60.1 Å². The lowest BCUT2D eigenvalue weighted by molar-refractivity contribution is 1.43. The first-order chi connectivity index (χ1) is 7.75. The van der Waals surface area contributed by atoms with Crippen molar-refractivity contribution in [3.05, 3.63) is 42.5 Å². The minimum atomic E-state index is 1.25. The van der Waals surface area contributed by atoms with Crippen molar-refractivity contribution in [3.8, 4) is 0 Å². The number of nitrogens with zero attached hydrogens (tertiary/aromatic N) is 1. The molecule has 0 aliphatic carbocycles. The molecule has 0 N–H and O–H groups in total. The van der Waals surface area contributed by atoms with Gasteiger partial charge in [0.2, 0.25) is 0 Å². The molecule has 0 fully saturated rings. The van der Waals surface area contributed by atoms with Gasteiger partial charge in [0.15, 0.2) is 0 Å². The average Bonchev–Trinajstić information content (AvgIpc) is 2.66. The maximum atomic E-state index is 2.30. The van der Waals surface area contributed by atoms with E-state index >= 15 is 0 Å². The third kappa shape index (κ3) is 1.58. The Morgan fingerprint density at radius 3 is 2.56 bits per heavy atom. The number of fused-ring (bicyclic) bond motifs is 3. The van der Waals surface area contributed by atoms with Crippen LogP contribution in [0.4, 0.5) is 5.69 Å². The van der Waals surface area contributed by atoms with E-state index in [1.54, 1.807) is 0 Å². The molecule has 0 amide bonds. The largest absolute Gasteiger partial charge is 0.318 e. The van der Waals surface area contributed by atoms with E-state index in [0.29, 0.717) is 0 Å². The highest BCUT2D eigenvalue weighted by molar-refractivity contribution is 14.1. The van der Waals surface area contributed by atoms with Gasteiger partial charge in [-0.3, -0.25) is 0 Å². The molecule has 1 aromatic heterocycles. The molecule has 2 aromatic carbocycles. The van der Waals surface area contributed by atoms with Gasteiger partial charge < -0.3 is 3.11 Å². The lowest BCUT2D eigenvalue weighted by Crippen LogP contribution is -1.97. The molecule has 3 aromatic rings. The Labute approximate surface area is 112 Å². The van der Waals surface area contributed by atoms with E-state index in [1.807, 2.05) is 11.3 Å². The molecular formula is C13H10INS. The molecular weight excluding hydrogens is 329 g/mol. The van der Waals surface area contributed by atoms with Crippen molar-refractivity contribution in [2.24, 2.45) is 0 Å². The molecule has 0 bridgehead atoms. The van der Waals surface area contributed by atoms with Gasteiger partial charge in [-0.1, -0.05) is 24.3 Å². The van der Waals surface area contributed by atoms with Gasteiger partial charge in [-0.05, 0) is 18.2 Å². The highest BCUT2D eigenvalue weighted by Gasteiger charge is 2.05. The van der Waals surface area contributed by atoms with Gasteiger partial charge in [0, 0.05) is 32.9 Å². The van der Waals surface area contributed by atoms with Crippen LogP contribution in [0, 0.1) is 0 Å². The van der Waals surface area contributed by atoms with E-state index in [0.717, 1.165) is 0 Å². The number of thiophene rings is 1. The molecule has 1 nitrogen and oxygen atoms in total. The van der Waals surface area contributed by atoms with Crippen LogP contribution in [0.25, 0.3) is 20.2 Å². The topological polar surface area (TPSA) is 3.24 Å². The Morgan fingerprint density at radius 1 is 1.00 bits per heavy atom. The van der Waals surface area contributed by atoms with Gasteiger partial charge in [0.25, 0.3) is 0 Å². The normalized spacial score (nSPS) is 11.1. The van der Waals surface area contributed by atoms with Crippen LogP contribution in [0.2, 0.25) is 0 Å². The molecule has 3 rings (SSSR count). The van der Waals surface area contributed by atoms with E-state index in [2.05, 4.69) is 75.5 Å². The predicted molar refractivity (Wildman–Crippen MR) is 81.8 cm³/mol. The minimum Gasteiger partial charge on any atom is -0.318 e. The summed E-state index contributed by atoms with van der Waals surface area (Å²) < 4.78 is 4.84. The summed E-state index contributed by atoms with van der Waals surface area (Å²) in [7, 11) is 2.06. The second-order valence-corrected chi connectivity index (χ2v) is 6.29. The molecule has 0 radical (unpaired) electrons.